The van der Waals surface area contributed by atoms with Gasteiger partial charge in [-0.3, -0.25) is 0 Å². The Bertz CT molecular complexity index is 344. The van der Waals surface area contributed by atoms with Crippen molar-refractivity contribution in [2.45, 2.75) is 25.8 Å². The van der Waals surface area contributed by atoms with Gasteiger partial charge in [0.25, 0.3) is 0 Å². The van der Waals surface area contributed by atoms with Crippen LogP contribution in [0.4, 0.5) is 0 Å². The Morgan fingerprint density at radius 2 is 1.94 bits per heavy atom. The lowest BCUT2D eigenvalue weighted by Crippen LogP contribution is -3.00. The standard InChI is InChI=1S/C12H17NO2.ClH/c1-2-3-10(13)9-4-5-11-12(8-9)15-7-6-14-11;/h4-5,8,10H,2-3,6-7,13H2,1H3;1H/p-1. The third kappa shape index (κ3) is 2.80. The van der Waals surface area contributed by atoms with Crippen molar-refractivity contribution >= 4 is 0 Å². The molecule has 1 atom stereocenters. The zero-order chi connectivity index (χ0) is 10.7. The first-order valence-corrected chi connectivity index (χ1v) is 5.46. The molecule has 0 aromatic heterocycles. The Labute approximate surface area is 102 Å². The van der Waals surface area contributed by atoms with E-state index in [1.807, 2.05) is 18.2 Å². The van der Waals surface area contributed by atoms with Gasteiger partial charge in [-0.25, -0.2) is 0 Å². The predicted molar refractivity (Wildman–Crippen MR) is 59.3 cm³/mol. The van der Waals surface area contributed by atoms with Crippen molar-refractivity contribution in [3.63, 3.8) is 0 Å². The molecule has 2 N–H and O–H groups in total. The molecule has 90 valence electrons. The van der Waals surface area contributed by atoms with Gasteiger partial charge in [-0.15, -0.1) is 0 Å². The average Bonchev–Trinajstić information content (AvgIpc) is 2.29. The number of rotatable bonds is 3. The first-order valence-electron chi connectivity index (χ1n) is 5.46. The fourth-order valence-corrected chi connectivity index (χ4v) is 1.77. The lowest BCUT2D eigenvalue weighted by atomic mass is 10.0. The molecule has 1 aromatic rings. The maximum atomic E-state index is 6.04. The second-order valence-electron chi connectivity index (χ2n) is 3.80. The molecule has 16 heavy (non-hydrogen) atoms. The molecule has 3 nitrogen and oxygen atoms in total. The van der Waals surface area contributed by atoms with Gasteiger partial charge in [0.2, 0.25) is 0 Å². The molecule has 0 spiro atoms. The highest BCUT2D eigenvalue weighted by molar-refractivity contribution is 5.44. The molecule has 1 aliphatic rings. The van der Waals surface area contributed by atoms with Gasteiger partial charge < -0.3 is 27.6 Å². The van der Waals surface area contributed by atoms with E-state index in [4.69, 9.17) is 15.2 Å². The number of hydrogen-bond acceptors (Lipinski definition) is 3. The second kappa shape index (κ2) is 5.97. The second-order valence-corrected chi connectivity index (χ2v) is 3.80. The van der Waals surface area contributed by atoms with Crippen molar-refractivity contribution in [1.29, 1.82) is 0 Å². The van der Waals surface area contributed by atoms with Crippen LogP contribution in [-0.2, 0) is 0 Å². The van der Waals surface area contributed by atoms with E-state index < -0.39 is 0 Å². The molecule has 2 rings (SSSR count). The molecule has 1 heterocycles. The largest absolute Gasteiger partial charge is 1.00 e. The molecule has 0 fully saturated rings. The highest BCUT2D eigenvalue weighted by Gasteiger charge is 2.13. The third-order valence-electron chi connectivity index (χ3n) is 2.59. The minimum Gasteiger partial charge on any atom is -1.00 e. The zero-order valence-electron chi connectivity index (χ0n) is 9.41. The van der Waals surface area contributed by atoms with Crippen LogP contribution in [0.15, 0.2) is 18.2 Å². The van der Waals surface area contributed by atoms with E-state index in [-0.39, 0.29) is 18.4 Å². The minimum absolute atomic E-state index is 0. The predicted octanol–water partition coefficient (Wildman–Crippen LogP) is -0.738. The molecule has 0 saturated carbocycles. The van der Waals surface area contributed by atoms with Gasteiger partial charge >= 0.3 is 0 Å². The van der Waals surface area contributed by atoms with Crippen LogP contribution in [0.3, 0.4) is 0 Å². The summed E-state index contributed by atoms with van der Waals surface area (Å²) < 4.78 is 11.0. The fraction of sp³-hybridized carbons (Fsp3) is 0.500. The topological polar surface area (TPSA) is 44.5 Å². The van der Waals surface area contributed by atoms with Crippen LogP contribution in [0.5, 0.6) is 11.5 Å². The van der Waals surface area contributed by atoms with Crippen molar-refractivity contribution < 1.29 is 21.9 Å². The Balaban J connectivity index is 0.00000128. The summed E-state index contributed by atoms with van der Waals surface area (Å²) in [7, 11) is 0. The highest BCUT2D eigenvalue weighted by Crippen LogP contribution is 2.32. The monoisotopic (exact) mass is 242 g/mol. The van der Waals surface area contributed by atoms with Crippen LogP contribution in [0, 0.1) is 0 Å². The van der Waals surface area contributed by atoms with Gasteiger partial charge in [-0.1, -0.05) is 19.4 Å². The summed E-state index contributed by atoms with van der Waals surface area (Å²) in [6.07, 6.45) is 2.09. The van der Waals surface area contributed by atoms with Crippen LogP contribution >= 0.6 is 0 Å². The van der Waals surface area contributed by atoms with Crippen molar-refractivity contribution in [1.82, 2.24) is 0 Å². The minimum atomic E-state index is 0. The molecule has 0 amide bonds. The molecule has 0 radical (unpaired) electrons. The quantitative estimate of drug-likeness (QED) is 0.760. The van der Waals surface area contributed by atoms with Gasteiger partial charge in [0, 0.05) is 6.04 Å². The zero-order valence-corrected chi connectivity index (χ0v) is 10.2. The van der Waals surface area contributed by atoms with Crippen molar-refractivity contribution in [3.8, 4) is 11.5 Å². The van der Waals surface area contributed by atoms with Gasteiger partial charge in [0.05, 0.1) is 0 Å². The molecular formula is C12H17ClNO2-. The number of ether oxygens (including phenoxy) is 2. The number of nitrogens with two attached hydrogens (primary N) is 1. The smallest absolute Gasteiger partial charge is 0.161 e. The van der Waals surface area contributed by atoms with E-state index >= 15 is 0 Å². The summed E-state index contributed by atoms with van der Waals surface area (Å²) in [5.74, 6) is 1.65. The van der Waals surface area contributed by atoms with Gasteiger partial charge in [-0.2, -0.15) is 0 Å². The summed E-state index contributed by atoms with van der Waals surface area (Å²) in [5.41, 5.74) is 7.17. The number of fused-ring (bicyclic) bond motifs is 1. The molecule has 1 aliphatic heterocycles. The Hall–Kier alpha value is -0.930. The van der Waals surface area contributed by atoms with Gasteiger partial charge in [0.15, 0.2) is 11.5 Å². The molecule has 1 aromatic carbocycles. The van der Waals surface area contributed by atoms with E-state index in [9.17, 15) is 0 Å². The van der Waals surface area contributed by atoms with E-state index in [1.165, 1.54) is 0 Å². The van der Waals surface area contributed by atoms with E-state index in [0.29, 0.717) is 13.2 Å². The SMILES string of the molecule is CCCC(N)c1ccc2c(c1)OCCO2.[Cl-]. The third-order valence-corrected chi connectivity index (χ3v) is 2.59. The molecule has 1 unspecified atom stereocenters. The number of hydrogen-bond donors (Lipinski definition) is 1. The molecule has 4 heteroatoms. The number of halogens is 1. The van der Waals surface area contributed by atoms with Crippen LogP contribution < -0.4 is 27.6 Å². The van der Waals surface area contributed by atoms with Crippen LogP contribution in [0.25, 0.3) is 0 Å². The summed E-state index contributed by atoms with van der Waals surface area (Å²) in [4.78, 5) is 0. The van der Waals surface area contributed by atoms with Gasteiger partial charge in [-0.05, 0) is 24.1 Å². The van der Waals surface area contributed by atoms with Crippen molar-refractivity contribution in [2.24, 2.45) is 5.73 Å². The lowest BCUT2D eigenvalue weighted by molar-refractivity contribution is -0.00000384. The van der Waals surface area contributed by atoms with E-state index in [1.54, 1.807) is 0 Å². The van der Waals surface area contributed by atoms with Crippen LogP contribution in [-0.4, -0.2) is 13.2 Å². The summed E-state index contributed by atoms with van der Waals surface area (Å²) in [6.45, 7) is 3.39. The maximum Gasteiger partial charge on any atom is 0.161 e. The molecule has 0 saturated heterocycles. The average molecular weight is 243 g/mol. The first-order chi connectivity index (χ1) is 7.31. The van der Waals surface area contributed by atoms with E-state index in [2.05, 4.69) is 6.92 Å². The highest BCUT2D eigenvalue weighted by atomic mass is 35.5. The fourth-order valence-electron chi connectivity index (χ4n) is 1.77. The van der Waals surface area contributed by atoms with E-state index in [0.717, 1.165) is 29.9 Å². The molecule has 0 bridgehead atoms. The summed E-state index contributed by atoms with van der Waals surface area (Å²) in [5, 5.41) is 0. The van der Waals surface area contributed by atoms with Crippen LogP contribution in [0.2, 0.25) is 0 Å². The summed E-state index contributed by atoms with van der Waals surface area (Å²) >= 11 is 0. The van der Waals surface area contributed by atoms with Crippen molar-refractivity contribution in [3.05, 3.63) is 23.8 Å². The molecular weight excluding hydrogens is 226 g/mol. The Morgan fingerprint density at radius 3 is 2.62 bits per heavy atom. The number of benzene rings is 1. The Morgan fingerprint density at radius 1 is 1.25 bits per heavy atom. The summed E-state index contributed by atoms with van der Waals surface area (Å²) in [6, 6.07) is 6.06. The maximum absolute atomic E-state index is 6.04. The normalized spacial score (nSPS) is 15.1. The van der Waals surface area contributed by atoms with Crippen molar-refractivity contribution in [2.75, 3.05) is 13.2 Å². The van der Waals surface area contributed by atoms with Crippen LogP contribution in [0.1, 0.15) is 31.4 Å². The Kier molecular flexibility index (Phi) is 4.90. The first kappa shape index (κ1) is 13.1. The lowest BCUT2D eigenvalue weighted by Gasteiger charge is -2.20. The van der Waals surface area contributed by atoms with Gasteiger partial charge in [0.1, 0.15) is 13.2 Å². The molecule has 0 aliphatic carbocycles.